The standard InChI is InChI=1S/C7H13NO2/c1-5(2)10-7(9)8-6-3-4-6/h5-6H,3-4H2,1-2H3,(H,8,9). The highest BCUT2D eigenvalue weighted by molar-refractivity contribution is 5.68. The van der Waals surface area contributed by atoms with Gasteiger partial charge < -0.3 is 10.1 Å². The van der Waals surface area contributed by atoms with Crippen LogP contribution in [0.4, 0.5) is 4.79 Å². The van der Waals surface area contributed by atoms with E-state index in [0.29, 0.717) is 6.04 Å². The maximum absolute atomic E-state index is 10.8. The van der Waals surface area contributed by atoms with Crippen LogP contribution in [0, 0.1) is 0 Å². The zero-order chi connectivity index (χ0) is 7.56. The number of amides is 1. The number of nitrogens with one attached hydrogen (secondary N) is 1. The van der Waals surface area contributed by atoms with E-state index in [1.54, 1.807) is 0 Å². The van der Waals surface area contributed by atoms with Gasteiger partial charge >= 0.3 is 6.09 Å². The molecule has 0 aliphatic heterocycles. The first kappa shape index (κ1) is 7.38. The molecule has 0 heterocycles. The molecule has 58 valence electrons. The Bertz CT molecular complexity index is 124. The van der Waals surface area contributed by atoms with E-state index in [9.17, 15) is 4.79 Å². The van der Waals surface area contributed by atoms with Gasteiger partial charge in [0.25, 0.3) is 0 Å². The molecule has 0 aromatic heterocycles. The zero-order valence-corrected chi connectivity index (χ0v) is 6.39. The molecule has 1 amide bonds. The molecule has 0 unspecified atom stereocenters. The van der Waals surface area contributed by atoms with Crippen molar-refractivity contribution < 1.29 is 9.53 Å². The van der Waals surface area contributed by atoms with Crippen molar-refractivity contribution in [2.45, 2.75) is 38.8 Å². The minimum atomic E-state index is -0.280. The van der Waals surface area contributed by atoms with E-state index in [1.165, 1.54) is 0 Å². The lowest BCUT2D eigenvalue weighted by Gasteiger charge is -2.07. The molecule has 10 heavy (non-hydrogen) atoms. The molecule has 1 rings (SSSR count). The van der Waals surface area contributed by atoms with Crippen LogP contribution in [0.25, 0.3) is 0 Å². The zero-order valence-electron chi connectivity index (χ0n) is 6.39. The quantitative estimate of drug-likeness (QED) is 0.632. The predicted molar refractivity (Wildman–Crippen MR) is 37.8 cm³/mol. The number of hydrogen-bond acceptors (Lipinski definition) is 2. The van der Waals surface area contributed by atoms with Crippen molar-refractivity contribution >= 4 is 6.09 Å². The van der Waals surface area contributed by atoms with Crippen molar-refractivity contribution in [3.05, 3.63) is 0 Å². The SMILES string of the molecule is CC(C)OC(=O)NC1CC1. The molecular weight excluding hydrogens is 130 g/mol. The highest BCUT2D eigenvalue weighted by Crippen LogP contribution is 2.18. The Hall–Kier alpha value is -0.730. The van der Waals surface area contributed by atoms with Gasteiger partial charge in [-0.3, -0.25) is 0 Å². The average Bonchev–Trinajstić information content (AvgIpc) is 2.46. The molecule has 0 aromatic carbocycles. The third-order valence-electron chi connectivity index (χ3n) is 1.24. The summed E-state index contributed by atoms with van der Waals surface area (Å²) in [6, 6.07) is 0.395. The van der Waals surface area contributed by atoms with Crippen LogP contribution in [0.5, 0.6) is 0 Å². The van der Waals surface area contributed by atoms with E-state index >= 15 is 0 Å². The number of rotatable bonds is 2. The minimum Gasteiger partial charge on any atom is -0.447 e. The molecule has 0 spiro atoms. The molecule has 1 N–H and O–H groups in total. The maximum Gasteiger partial charge on any atom is 0.407 e. The first-order valence-corrected chi connectivity index (χ1v) is 3.65. The Kier molecular flexibility index (Phi) is 2.14. The minimum absolute atomic E-state index is 0.0150. The summed E-state index contributed by atoms with van der Waals surface area (Å²) < 4.78 is 4.85. The summed E-state index contributed by atoms with van der Waals surface area (Å²) in [4.78, 5) is 10.8. The molecule has 3 heteroatoms. The maximum atomic E-state index is 10.8. The molecule has 0 bridgehead atoms. The summed E-state index contributed by atoms with van der Waals surface area (Å²) in [5.41, 5.74) is 0. The summed E-state index contributed by atoms with van der Waals surface area (Å²) in [6.45, 7) is 3.68. The lowest BCUT2D eigenvalue weighted by molar-refractivity contribution is 0.115. The van der Waals surface area contributed by atoms with Crippen LogP contribution in [-0.4, -0.2) is 18.2 Å². The average molecular weight is 143 g/mol. The van der Waals surface area contributed by atoms with Gasteiger partial charge in [-0.25, -0.2) is 4.79 Å². The smallest absolute Gasteiger partial charge is 0.407 e. The first-order chi connectivity index (χ1) is 4.68. The number of carbonyl (C=O) groups is 1. The molecule has 0 radical (unpaired) electrons. The van der Waals surface area contributed by atoms with E-state index in [0.717, 1.165) is 12.8 Å². The Balaban J connectivity index is 2.08. The van der Waals surface area contributed by atoms with Crippen molar-refractivity contribution in [1.82, 2.24) is 5.32 Å². The molecule has 1 aliphatic carbocycles. The van der Waals surface area contributed by atoms with Gasteiger partial charge in [-0.2, -0.15) is 0 Å². The fourth-order valence-electron chi connectivity index (χ4n) is 0.642. The molecule has 0 aromatic rings. The summed E-state index contributed by atoms with van der Waals surface area (Å²) in [5.74, 6) is 0. The second kappa shape index (κ2) is 2.90. The van der Waals surface area contributed by atoms with Gasteiger partial charge in [-0.1, -0.05) is 0 Å². The monoisotopic (exact) mass is 143 g/mol. The van der Waals surface area contributed by atoms with Gasteiger partial charge in [0.15, 0.2) is 0 Å². The Morgan fingerprint density at radius 1 is 1.60 bits per heavy atom. The molecule has 0 atom stereocenters. The van der Waals surface area contributed by atoms with Crippen LogP contribution in [0.1, 0.15) is 26.7 Å². The van der Waals surface area contributed by atoms with Crippen LogP contribution in [0.15, 0.2) is 0 Å². The molecule has 1 aliphatic rings. The topological polar surface area (TPSA) is 38.3 Å². The van der Waals surface area contributed by atoms with Crippen molar-refractivity contribution in [3.8, 4) is 0 Å². The van der Waals surface area contributed by atoms with Gasteiger partial charge in [-0.05, 0) is 26.7 Å². The number of ether oxygens (including phenoxy) is 1. The lowest BCUT2D eigenvalue weighted by atomic mass is 10.5. The Morgan fingerprint density at radius 3 is 2.60 bits per heavy atom. The summed E-state index contributed by atoms with van der Waals surface area (Å²) in [7, 11) is 0. The van der Waals surface area contributed by atoms with Crippen molar-refractivity contribution in [1.29, 1.82) is 0 Å². The van der Waals surface area contributed by atoms with Gasteiger partial charge in [0.2, 0.25) is 0 Å². The van der Waals surface area contributed by atoms with Crippen LogP contribution in [-0.2, 0) is 4.74 Å². The summed E-state index contributed by atoms with van der Waals surface area (Å²) in [6.07, 6.45) is 1.91. The molecular formula is C7H13NO2. The fourth-order valence-corrected chi connectivity index (χ4v) is 0.642. The molecule has 0 saturated heterocycles. The highest BCUT2D eigenvalue weighted by atomic mass is 16.6. The van der Waals surface area contributed by atoms with Crippen LogP contribution < -0.4 is 5.32 Å². The van der Waals surface area contributed by atoms with Gasteiger partial charge in [-0.15, -0.1) is 0 Å². The van der Waals surface area contributed by atoms with Crippen molar-refractivity contribution in [3.63, 3.8) is 0 Å². The highest BCUT2D eigenvalue weighted by Gasteiger charge is 2.23. The third-order valence-corrected chi connectivity index (χ3v) is 1.24. The molecule has 3 nitrogen and oxygen atoms in total. The van der Waals surface area contributed by atoms with Gasteiger partial charge in [0.05, 0.1) is 6.10 Å². The van der Waals surface area contributed by atoms with Crippen LogP contribution in [0.2, 0.25) is 0 Å². The van der Waals surface area contributed by atoms with Crippen molar-refractivity contribution in [2.75, 3.05) is 0 Å². The van der Waals surface area contributed by atoms with E-state index < -0.39 is 0 Å². The molecule has 1 saturated carbocycles. The summed E-state index contributed by atoms with van der Waals surface area (Å²) >= 11 is 0. The lowest BCUT2D eigenvalue weighted by Crippen LogP contribution is -2.28. The largest absolute Gasteiger partial charge is 0.447 e. The number of carbonyl (C=O) groups excluding carboxylic acids is 1. The fraction of sp³-hybridized carbons (Fsp3) is 0.857. The van der Waals surface area contributed by atoms with E-state index in [1.807, 2.05) is 13.8 Å². The first-order valence-electron chi connectivity index (χ1n) is 3.65. The second-order valence-electron chi connectivity index (χ2n) is 2.87. The normalized spacial score (nSPS) is 17.1. The summed E-state index contributed by atoms with van der Waals surface area (Å²) in [5, 5.41) is 2.72. The van der Waals surface area contributed by atoms with E-state index in [2.05, 4.69) is 5.32 Å². The number of alkyl carbamates (subject to hydrolysis) is 1. The Morgan fingerprint density at radius 2 is 2.20 bits per heavy atom. The van der Waals surface area contributed by atoms with E-state index in [-0.39, 0.29) is 12.2 Å². The van der Waals surface area contributed by atoms with E-state index in [4.69, 9.17) is 4.74 Å². The molecule has 1 fully saturated rings. The van der Waals surface area contributed by atoms with Crippen LogP contribution >= 0.6 is 0 Å². The Labute approximate surface area is 60.7 Å². The predicted octanol–water partition coefficient (Wildman–Crippen LogP) is 1.28. The number of hydrogen-bond donors (Lipinski definition) is 1. The van der Waals surface area contributed by atoms with Crippen LogP contribution in [0.3, 0.4) is 0 Å². The third kappa shape index (κ3) is 2.71. The van der Waals surface area contributed by atoms with Crippen molar-refractivity contribution in [2.24, 2.45) is 0 Å². The van der Waals surface area contributed by atoms with Gasteiger partial charge in [0, 0.05) is 6.04 Å². The van der Waals surface area contributed by atoms with Gasteiger partial charge in [0.1, 0.15) is 0 Å². The second-order valence-corrected chi connectivity index (χ2v) is 2.87.